The van der Waals surface area contributed by atoms with Crippen LogP contribution in [-0.4, -0.2) is 17.5 Å². The van der Waals surface area contributed by atoms with Crippen molar-refractivity contribution in [2.75, 3.05) is 17.7 Å². The van der Waals surface area contributed by atoms with Crippen LogP contribution in [0.5, 0.6) is 5.75 Å². The van der Waals surface area contributed by atoms with E-state index in [1.165, 1.54) is 0 Å². The highest BCUT2D eigenvalue weighted by Crippen LogP contribution is 2.31. The van der Waals surface area contributed by atoms with Crippen LogP contribution in [0.3, 0.4) is 0 Å². The van der Waals surface area contributed by atoms with Gasteiger partial charge in [0.1, 0.15) is 11.6 Å². The van der Waals surface area contributed by atoms with Crippen molar-refractivity contribution in [3.63, 3.8) is 0 Å². The number of halogens is 1. The molecule has 1 aromatic carbocycles. The number of ether oxygens (including phenoxy) is 1. The lowest BCUT2D eigenvalue weighted by Crippen LogP contribution is -2.21. The van der Waals surface area contributed by atoms with E-state index < -0.39 is 0 Å². The van der Waals surface area contributed by atoms with Gasteiger partial charge in [0.05, 0.1) is 11.9 Å². The molecule has 114 valence electrons. The second-order valence-corrected chi connectivity index (χ2v) is 5.59. The molecule has 0 saturated heterocycles. The van der Waals surface area contributed by atoms with Crippen LogP contribution in [-0.2, 0) is 17.6 Å². The summed E-state index contributed by atoms with van der Waals surface area (Å²) in [6, 6.07) is 6.87. The fraction of sp³-hybridized carbons (Fsp3) is 0.250. The number of hydrogen-bond acceptors (Lipinski definition) is 4. The summed E-state index contributed by atoms with van der Waals surface area (Å²) in [5, 5.41) is 3.47. The van der Waals surface area contributed by atoms with Crippen LogP contribution in [0.25, 0.3) is 0 Å². The van der Waals surface area contributed by atoms with Crippen molar-refractivity contribution in [3.05, 3.63) is 46.6 Å². The topological polar surface area (TPSA) is 77.2 Å². The smallest absolute Gasteiger partial charge is 0.262 e. The Hall–Kier alpha value is -2.27. The molecule has 1 aliphatic rings. The standard InChI is InChI=1S/C16H16ClN3O2/c17-10-4-6-11(7-5-10)22-9-15(21)20-14-8-19-16(18)13-3-1-2-12(13)14/h4-8H,1-3,9H2,(H2,18,19)(H,20,21). The molecule has 0 radical (unpaired) electrons. The van der Waals surface area contributed by atoms with Gasteiger partial charge in [0.15, 0.2) is 6.61 Å². The number of nitrogens with zero attached hydrogens (tertiary/aromatic N) is 1. The zero-order valence-electron chi connectivity index (χ0n) is 11.9. The molecule has 3 N–H and O–H groups in total. The normalized spacial score (nSPS) is 12.8. The van der Waals surface area contributed by atoms with Gasteiger partial charge in [-0.1, -0.05) is 11.6 Å². The molecule has 2 aromatic rings. The highest BCUT2D eigenvalue weighted by molar-refractivity contribution is 6.30. The maximum absolute atomic E-state index is 12.0. The predicted octanol–water partition coefficient (Wildman–Crippen LogP) is 2.82. The molecule has 0 aliphatic heterocycles. The van der Waals surface area contributed by atoms with Crippen molar-refractivity contribution >= 4 is 29.0 Å². The Morgan fingerprint density at radius 3 is 2.77 bits per heavy atom. The molecule has 3 rings (SSSR count). The number of nitrogen functional groups attached to an aromatic ring is 1. The first-order valence-corrected chi connectivity index (χ1v) is 7.46. The number of carbonyl (C=O) groups is 1. The number of rotatable bonds is 4. The van der Waals surface area contributed by atoms with E-state index in [1.807, 2.05) is 0 Å². The number of aromatic nitrogens is 1. The summed E-state index contributed by atoms with van der Waals surface area (Å²) in [5.74, 6) is 0.929. The zero-order chi connectivity index (χ0) is 15.5. The number of hydrogen-bond donors (Lipinski definition) is 2. The number of nitrogens with one attached hydrogen (secondary N) is 1. The van der Waals surface area contributed by atoms with E-state index >= 15 is 0 Å². The maximum atomic E-state index is 12.0. The average Bonchev–Trinajstić information content (AvgIpc) is 3.00. The number of amides is 1. The highest BCUT2D eigenvalue weighted by atomic mass is 35.5. The van der Waals surface area contributed by atoms with Crippen molar-refractivity contribution in [2.45, 2.75) is 19.3 Å². The van der Waals surface area contributed by atoms with E-state index in [-0.39, 0.29) is 12.5 Å². The molecule has 0 unspecified atom stereocenters. The molecule has 22 heavy (non-hydrogen) atoms. The highest BCUT2D eigenvalue weighted by Gasteiger charge is 2.19. The van der Waals surface area contributed by atoms with Gasteiger partial charge in [-0.25, -0.2) is 4.98 Å². The van der Waals surface area contributed by atoms with E-state index in [4.69, 9.17) is 22.1 Å². The number of fused-ring (bicyclic) bond motifs is 1. The first-order chi connectivity index (χ1) is 10.6. The van der Waals surface area contributed by atoms with E-state index in [0.29, 0.717) is 16.6 Å². The van der Waals surface area contributed by atoms with Gasteiger partial charge in [0.25, 0.3) is 5.91 Å². The Balaban J connectivity index is 1.63. The van der Waals surface area contributed by atoms with Crippen molar-refractivity contribution in [1.82, 2.24) is 4.98 Å². The summed E-state index contributed by atoms with van der Waals surface area (Å²) in [5.41, 5.74) is 8.73. The largest absolute Gasteiger partial charge is 0.484 e. The van der Waals surface area contributed by atoms with Crippen molar-refractivity contribution < 1.29 is 9.53 Å². The minimum absolute atomic E-state index is 0.0687. The van der Waals surface area contributed by atoms with E-state index in [2.05, 4.69) is 10.3 Å². The van der Waals surface area contributed by atoms with Crippen LogP contribution >= 0.6 is 11.6 Å². The maximum Gasteiger partial charge on any atom is 0.262 e. The third-order valence-corrected chi connectivity index (χ3v) is 3.89. The van der Waals surface area contributed by atoms with Crippen molar-refractivity contribution in [3.8, 4) is 5.75 Å². The molecule has 1 heterocycles. The van der Waals surface area contributed by atoms with Gasteiger partial charge in [-0.3, -0.25) is 4.79 Å². The lowest BCUT2D eigenvalue weighted by atomic mass is 10.1. The molecule has 0 atom stereocenters. The van der Waals surface area contributed by atoms with Gasteiger partial charge in [-0.05, 0) is 54.7 Å². The molecule has 0 saturated carbocycles. The molecule has 1 aliphatic carbocycles. The quantitative estimate of drug-likeness (QED) is 0.909. The third-order valence-electron chi connectivity index (χ3n) is 3.64. The van der Waals surface area contributed by atoms with Crippen LogP contribution < -0.4 is 15.8 Å². The molecule has 0 fully saturated rings. The minimum atomic E-state index is -0.226. The number of nitrogens with two attached hydrogens (primary N) is 1. The second-order valence-electron chi connectivity index (χ2n) is 5.16. The van der Waals surface area contributed by atoms with Crippen LogP contribution in [0, 0.1) is 0 Å². The van der Waals surface area contributed by atoms with Crippen LogP contribution in [0.1, 0.15) is 17.5 Å². The van der Waals surface area contributed by atoms with Crippen molar-refractivity contribution in [1.29, 1.82) is 0 Å². The number of carbonyl (C=O) groups excluding carboxylic acids is 1. The fourth-order valence-corrected chi connectivity index (χ4v) is 2.71. The van der Waals surface area contributed by atoms with Crippen LogP contribution in [0.15, 0.2) is 30.5 Å². The molecule has 0 bridgehead atoms. The zero-order valence-corrected chi connectivity index (χ0v) is 12.7. The second kappa shape index (κ2) is 6.23. The summed E-state index contributed by atoms with van der Waals surface area (Å²) in [6.45, 7) is -0.0687. The molecule has 5 nitrogen and oxygen atoms in total. The number of anilines is 2. The number of pyridine rings is 1. The predicted molar refractivity (Wildman–Crippen MR) is 86.3 cm³/mol. The van der Waals surface area contributed by atoms with E-state index in [1.54, 1.807) is 30.5 Å². The van der Waals surface area contributed by atoms with Gasteiger partial charge < -0.3 is 15.8 Å². The molecule has 1 aromatic heterocycles. The summed E-state index contributed by atoms with van der Waals surface area (Å²) in [7, 11) is 0. The molecular weight excluding hydrogens is 302 g/mol. The monoisotopic (exact) mass is 317 g/mol. The van der Waals surface area contributed by atoms with Gasteiger partial charge >= 0.3 is 0 Å². The first-order valence-electron chi connectivity index (χ1n) is 7.08. The van der Waals surface area contributed by atoms with E-state index in [9.17, 15) is 4.79 Å². The SMILES string of the molecule is Nc1ncc(NC(=O)COc2ccc(Cl)cc2)c2c1CCC2. The lowest BCUT2D eigenvalue weighted by Gasteiger charge is -2.12. The first kappa shape index (κ1) is 14.7. The Bertz CT molecular complexity index is 701. The van der Waals surface area contributed by atoms with Gasteiger partial charge in [0, 0.05) is 5.02 Å². The fourth-order valence-electron chi connectivity index (χ4n) is 2.59. The van der Waals surface area contributed by atoms with Gasteiger partial charge in [0.2, 0.25) is 0 Å². The van der Waals surface area contributed by atoms with Gasteiger partial charge in [-0.15, -0.1) is 0 Å². The molecule has 0 spiro atoms. The Labute approximate surface area is 133 Å². The summed E-state index contributed by atoms with van der Waals surface area (Å²) < 4.78 is 5.42. The minimum Gasteiger partial charge on any atom is -0.484 e. The van der Waals surface area contributed by atoms with Crippen molar-refractivity contribution in [2.24, 2.45) is 0 Å². The Kier molecular flexibility index (Phi) is 4.15. The summed E-state index contributed by atoms with van der Waals surface area (Å²) >= 11 is 5.80. The third kappa shape index (κ3) is 3.14. The Morgan fingerprint density at radius 2 is 2.00 bits per heavy atom. The van der Waals surface area contributed by atoms with E-state index in [0.717, 1.165) is 36.1 Å². The average molecular weight is 318 g/mol. The summed E-state index contributed by atoms with van der Waals surface area (Å²) in [4.78, 5) is 16.2. The van der Waals surface area contributed by atoms with Crippen LogP contribution in [0.4, 0.5) is 11.5 Å². The Morgan fingerprint density at radius 1 is 1.27 bits per heavy atom. The number of benzene rings is 1. The molecule has 6 heteroatoms. The molecule has 1 amide bonds. The molecular formula is C16H16ClN3O2. The van der Waals surface area contributed by atoms with Crippen LogP contribution in [0.2, 0.25) is 5.02 Å². The van der Waals surface area contributed by atoms with Gasteiger partial charge in [-0.2, -0.15) is 0 Å². The lowest BCUT2D eigenvalue weighted by molar-refractivity contribution is -0.118. The summed E-state index contributed by atoms with van der Waals surface area (Å²) in [6.07, 6.45) is 4.48.